The third-order valence-electron chi connectivity index (χ3n) is 2.13. The van der Waals surface area contributed by atoms with Crippen LogP contribution in [0.5, 0.6) is 11.5 Å². The van der Waals surface area contributed by atoms with Crippen molar-refractivity contribution in [2.24, 2.45) is 0 Å². The van der Waals surface area contributed by atoms with E-state index in [1.54, 1.807) is 6.07 Å². The lowest BCUT2D eigenvalue weighted by atomic mass is 10.2. The number of carbonyl (C=O) groups is 1. The fraction of sp³-hybridized carbons (Fsp3) is 0.0909. The average Bonchev–Trinajstić information content (AvgIpc) is 2.82. The Morgan fingerprint density at radius 3 is 2.94 bits per heavy atom. The Morgan fingerprint density at radius 1 is 1.47 bits per heavy atom. The van der Waals surface area contributed by atoms with E-state index in [0.29, 0.717) is 5.75 Å². The van der Waals surface area contributed by atoms with Gasteiger partial charge in [0.05, 0.1) is 12.7 Å². The molecule has 88 valence electrons. The van der Waals surface area contributed by atoms with Crippen molar-refractivity contribution in [1.29, 1.82) is 0 Å². The topological polar surface area (TPSA) is 84.6 Å². The van der Waals surface area contributed by atoms with Crippen molar-refractivity contribution in [2.45, 2.75) is 0 Å². The lowest BCUT2D eigenvalue weighted by Crippen LogP contribution is -2.12. The van der Waals surface area contributed by atoms with Crippen molar-refractivity contribution >= 4 is 11.7 Å². The van der Waals surface area contributed by atoms with Crippen LogP contribution in [0.25, 0.3) is 0 Å². The number of methoxy groups -OCH3 is 1. The monoisotopic (exact) mass is 234 g/mol. The lowest BCUT2D eigenvalue weighted by Gasteiger charge is -2.06. The number of aromatic nitrogens is 1. The van der Waals surface area contributed by atoms with E-state index in [1.165, 1.54) is 31.6 Å². The number of amides is 1. The third-order valence-corrected chi connectivity index (χ3v) is 2.13. The maximum atomic E-state index is 11.8. The third kappa shape index (κ3) is 2.36. The van der Waals surface area contributed by atoms with Gasteiger partial charge in [-0.15, -0.1) is 0 Å². The Balaban J connectivity index is 2.24. The van der Waals surface area contributed by atoms with Gasteiger partial charge in [-0.1, -0.05) is 5.16 Å². The minimum absolute atomic E-state index is 0.104. The number of hydrogen-bond donors (Lipinski definition) is 2. The Kier molecular flexibility index (Phi) is 2.95. The molecule has 0 spiro atoms. The first-order chi connectivity index (χ1) is 8.20. The standard InChI is InChI=1S/C11H10N2O4/c1-16-7-2-3-9(14)8(6-7)11(15)12-10-4-5-17-13-10/h2-6,14H,1H3,(H,12,13,15). The van der Waals surface area contributed by atoms with Crippen LogP contribution in [0.3, 0.4) is 0 Å². The minimum Gasteiger partial charge on any atom is -0.507 e. The summed E-state index contributed by atoms with van der Waals surface area (Å²) in [5, 5.41) is 15.6. The molecule has 6 heteroatoms. The number of aromatic hydroxyl groups is 1. The molecule has 2 N–H and O–H groups in total. The highest BCUT2D eigenvalue weighted by atomic mass is 16.5. The van der Waals surface area contributed by atoms with Crippen LogP contribution in [0.2, 0.25) is 0 Å². The van der Waals surface area contributed by atoms with E-state index >= 15 is 0 Å². The molecule has 0 unspecified atom stereocenters. The van der Waals surface area contributed by atoms with Crippen LogP contribution in [0.1, 0.15) is 10.4 Å². The highest BCUT2D eigenvalue weighted by Crippen LogP contribution is 2.23. The molecule has 6 nitrogen and oxygen atoms in total. The number of nitrogens with one attached hydrogen (secondary N) is 1. The molecule has 0 saturated heterocycles. The van der Waals surface area contributed by atoms with E-state index in [4.69, 9.17) is 4.74 Å². The van der Waals surface area contributed by atoms with Crippen LogP contribution in [-0.4, -0.2) is 23.3 Å². The molecule has 1 aromatic heterocycles. The van der Waals surface area contributed by atoms with Gasteiger partial charge in [-0.3, -0.25) is 4.79 Å². The first-order valence-electron chi connectivity index (χ1n) is 4.79. The van der Waals surface area contributed by atoms with Crippen molar-refractivity contribution < 1.29 is 19.2 Å². The molecule has 1 amide bonds. The Labute approximate surface area is 96.8 Å². The summed E-state index contributed by atoms with van der Waals surface area (Å²) in [6.45, 7) is 0. The van der Waals surface area contributed by atoms with E-state index in [-0.39, 0.29) is 17.1 Å². The number of carbonyl (C=O) groups excluding carboxylic acids is 1. The summed E-state index contributed by atoms with van der Waals surface area (Å²) in [6, 6.07) is 5.87. The minimum atomic E-state index is -0.490. The van der Waals surface area contributed by atoms with Gasteiger partial charge in [-0.25, -0.2) is 0 Å². The number of phenolic OH excluding ortho intramolecular Hbond substituents is 1. The molecule has 2 aromatic rings. The molecule has 0 atom stereocenters. The molecule has 1 aromatic carbocycles. The average molecular weight is 234 g/mol. The van der Waals surface area contributed by atoms with Gasteiger partial charge in [0.15, 0.2) is 5.82 Å². The molecule has 2 rings (SSSR count). The van der Waals surface area contributed by atoms with Gasteiger partial charge < -0.3 is 19.7 Å². The summed E-state index contributed by atoms with van der Waals surface area (Å²) in [5.74, 6) is 0.132. The van der Waals surface area contributed by atoms with Crippen molar-refractivity contribution in [3.05, 3.63) is 36.1 Å². The van der Waals surface area contributed by atoms with Gasteiger partial charge in [-0.2, -0.15) is 0 Å². The van der Waals surface area contributed by atoms with Crippen molar-refractivity contribution in [2.75, 3.05) is 12.4 Å². The Morgan fingerprint density at radius 2 is 2.29 bits per heavy atom. The maximum Gasteiger partial charge on any atom is 0.260 e. The molecule has 1 heterocycles. The number of anilines is 1. The molecule has 0 aliphatic rings. The van der Waals surface area contributed by atoms with E-state index in [0.717, 1.165) is 0 Å². The number of rotatable bonds is 3. The van der Waals surface area contributed by atoms with Gasteiger partial charge in [-0.05, 0) is 18.2 Å². The van der Waals surface area contributed by atoms with E-state index in [1.807, 2.05) is 0 Å². The van der Waals surface area contributed by atoms with Crippen LogP contribution in [0.4, 0.5) is 5.82 Å². The summed E-state index contributed by atoms with van der Waals surface area (Å²) in [7, 11) is 1.48. The van der Waals surface area contributed by atoms with E-state index < -0.39 is 5.91 Å². The van der Waals surface area contributed by atoms with Crippen LogP contribution in [0, 0.1) is 0 Å². The lowest BCUT2D eigenvalue weighted by molar-refractivity contribution is 0.102. The zero-order chi connectivity index (χ0) is 12.3. The summed E-state index contributed by atoms with van der Waals surface area (Å²) < 4.78 is 9.54. The SMILES string of the molecule is COc1ccc(O)c(C(=O)Nc2ccon2)c1. The van der Waals surface area contributed by atoms with Crippen molar-refractivity contribution in [3.63, 3.8) is 0 Å². The summed E-state index contributed by atoms with van der Waals surface area (Å²) >= 11 is 0. The molecular formula is C11H10N2O4. The molecular weight excluding hydrogens is 224 g/mol. The molecule has 0 aliphatic heterocycles. The molecule has 0 aliphatic carbocycles. The first kappa shape index (κ1) is 11.0. The predicted molar refractivity (Wildman–Crippen MR) is 59.1 cm³/mol. The highest BCUT2D eigenvalue weighted by Gasteiger charge is 2.13. The number of nitrogens with zero attached hydrogens (tertiary/aromatic N) is 1. The van der Waals surface area contributed by atoms with Gasteiger partial charge >= 0.3 is 0 Å². The van der Waals surface area contributed by atoms with Crippen LogP contribution < -0.4 is 10.1 Å². The van der Waals surface area contributed by atoms with E-state index in [2.05, 4.69) is 15.0 Å². The molecule has 0 saturated carbocycles. The molecule has 0 radical (unpaired) electrons. The summed E-state index contributed by atoms with van der Waals surface area (Å²) in [6.07, 6.45) is 1.33. The normalized spacial score (nSPS) is 9.94. The smallest absolute Gasteiger partial charge is 0.260 e. The van der Waals surface area contributed by atoms with Gasteiger partial charge in [0.25, 0.3) is 5.91 Å². The first-order valence-corrected chi connectivity index (χ1v) is 4.79. The Bertz CT molecular complexity index is 522. The Hall–Kier alpha value is -2.50. The summed E-state index contributed by atoms with van der Waals surface area (Å²) in [5.41, 5.74) is 0.104. The second-order valence-corrected chi connectivity index (χ2v) is 3.22. The van der Waals surface area contributed by atoms with Gasteiger partial charge in [0, 0.05) is 6.07 Å². The summed E-state index contributed by atoms with van der Waals surface area (Å²) in [4.78, 5) is 11.8. The predicted octanol–water partition coefficient (Wildman–Crippen LogP) is 1.64. The number of ether oxygens (including phenoxy) is 1. The fourth-order valence-corrected chi connectivity index (χ4v) is 1.28. The molecule has 0 fully saturated rings. The number of hydrogen-bond acceptors (Lipinski definition) is 5. The van der Waals surface area contributed by atoms with Gasteiger partial charge in [0.2, 0.25) is 0 Å². The van der Waals surface area contributed by atoms with Crippen molar-refractivity contribution in [3.8, 4) is 11.5 Å². The zero-order valence-corrected chi connectivity index (χ0v) is 9.01. The van der Waals surface area contributed by atoms with Gasteiger partial charge in [0.1, 0.15) is 17.8 Å². The highest BCUT2D eigenvalue weighted by molar-refractivity contribution is 6.05. The van der Waals surface area contributed by atoms with Crippen molar-refractivity contribution in [1.82, 2.24) is 5.16 Å². The fourth-order valence-electron chi connectivity index (χ4n) is 1.28. The van der Waals surface area contributed by atoms with Crippen LogP contribution >= 0.6 is 0 Å². The number of benzene rings is 1. The zero-order valence-electron chi connectivity index (χ0n) is 9.01. The van der Waals surface area contributed by atoms with Crippen LogP contribution in [-0.2, 0) is 0 Å². The second kappa shape index (κ2) is 4.56. The number of phenols is 1. The maximum absolute atomic E-state index is 11.8. The molecule has 0 bridgehead atoms. The largest absolute Gasteiger partial charge is 0.507 e. The second-order valence-electron chi connectivity index (χ2n) is 3.22. The van der Waals surface area contributed by atoms with Crippen LogP contribution in [0.15, 0.2) is 35.1 Å². The van der Waals surface area contributed by atoms with E-state index in [9.17, 15) is 9.90 Å². The molecule has 17 heavy (non-hydrogen) atoms. The quantitative estimate of drug-likeness (QED) is 0.843.